The Kier molecular flexibility index (Phi) is 4.89. The molecule has 2 N–H and O–H groups in total. The number of ether oxygens (including phenoxy) is 1. The number of hydrogen-bond donors (Lipinski definition) is 2. The van der Waals surface area contributed by atoms with Gasteiger partial charge in [-0.2, -0.15) is 0 Å². The van der Waals surface area contributed by atoms with Crippen LogP contribution < -0.4 is 21.3 Å². The number of nitrogens with one attached hydrogen (secondary N) is 2. The molecule has 0 atom stereocenters. The van der Waals surface area contributed by atoms with Crippen LogP contribution in [0.5, 0.6) is 5.75 Å². The Hall–Kier alpha value is -2.25. The van der Waals surface area contributed by atoms with Crippen LogP contribution in [0.2, 0.25) is 10.0 Å². The summed E-state index contributed by atoms with van der Waals surface area (Å²) in [5.41, 5.74) is -1.15. The monoisotopic (exact) mass is 343 g/mol. The average Bonchev–Trinajstić information content (AvgIpc) is 2.46. The van der Waals surface area contributed by atoms with E-state index in [0.29, 0.717) is 0 Å². The van der Waals surface area contributed by atoms with Crippen LogP contribution in [0.15, 0.2) is 34.0 Å². The number of rotatable bonds is 4. The van der Waals surface area contributed by atoms with E-state index >= 15 is 0 Å². The van der Waals surface area contributed by atoms with Gasteiger partial charge in [-0.25, -0.2) is 4.79 Å². The predicted octanol–water partition coefficient (Wildman–Crippen LogP) is 1.49. The fraction of sp³-hybridized carbons (Fsp3) is 0.154. The summed E-state index contributed by atoms with van der Waals surface area (Å²) in [4.78, 5) is 37.1. The molecule has 0 bridgehead atoms. The Morgan fingerprint density at radius 3 is 2.55 bits per heavy atom. The maximum Gasteiger partial charge on any atom is 0.329 e. The van der Waals surface area contributed by atoms with Gasteiger partial charge in [0.2, 0.25) is 11.7 Å². The molecule has 7 nitrogen and oxygen atoms in total. The van der Waals surface area contributed by atoms with E-state index in [-0.39, 0.29) is 28.0 Å². The first-order valence-corrected chi connectivity index (χ1v) is 6.79. The fourth-order valence-electron chi connectivity index (χ4n) is 1.70. The topological polar surface area (TPSA) is 93.2 Å². The molecule has 0 aliphatic rings. The molecule has 0 aliphatic carbocycles. The molecule has 0 radical (unpaired) electrons. The lowest BCUT2D eigenvalue weighted by molar-refractivity contribution is -0.116. The molecule has 2 rings (SSSR count). The van der Waals surface area contributed by atoms with Crippen molar-refractivity contribution in [2.24, 2.45) is 0 Å². The zero-order chi connectivity index (χ0) is 16.3. The number of para-hydroxylation sites is 1. The molecular formula is C13H11Cl2N3O4. The van der Waals surface area contributed by atoms with E-state index in [1.165, 1.54) is 7.11 Å². The standard InChI is InChI=1S/C13H11Cl2N3O4/c1-22-9-5-18(13(21)17-12(9)20)6-10(19)16-11-7(14)3-2-4-8(11)15/h2-5H,6H2,1H3,(H,16,19)(H,17,20,21). The average molecular weight is 344 g/mol. The second-order valence-corrected chi connectivity index (χ2v) is 5.04. The van der Waals surface area contributed by atoms with E-state index in [1.54, 1.807) is 18.2 Å². The Morgan fingerprint density at radius 1 is 1.32 bits per heavy atom. The second-order valence-electron chi connectivity index (χ2n) is 4.23. The van der Waals surface area contributed by atoms with Crippen molar-refractivity contribution in [1.82, 2.24) is 9.55 Å². The number of H-pyrrole nitrogens is 1. The van der Waals surface area contributed by atoms with E-state index in [1.807, 2.05) is 4.98 Å². The van der Waals surface area contributed by atoms with Gasteiger partial charge in [-0.3, -0.25) is 19.1 Å². The van der Waals surface area contributed by atoms with Crippen LogP contribution >= 0.6 is 23.2 Å². The Labute approximate surface area is 134 Å². The number of nitrogens with zero attached hydrogens (tertiary/aromatic N) is 1. The number of amides is 1. The molecule has 0 saturated carbocycles. The smallest absolute Gasteiger partial charge is 0.329 e. The second kappa shape index (κ2) is 6.67. The highest BCUT2D eigenvalue weighted by molar-refractivity contribution is 6.39. The molecule has 1 heterocycles. The molecule has 1 aromatic carbocycles. The Morgan fingerprint density at radius 2 is 1.95 bits per heavy atom. The quantitative estimate of drug-likeness (QED) is 0.879. The van der Waals surface area contributed by atoms with Crippen LogP contribution in [0.4, 0.5) is 5.69 Å². The minimum absolute atomic E-state index is 0.0804. The number of anilines is 1. The predicted molar refractivity (Wildman–Crippen MR) is 83.0 cm³/mol. The van der Waals surface area contributed by atoms with Crippen molar-refractivity contribution in [2.45, 2.75) is 6.54 Å². The minimum Gasteiger partial charge on any atom is -0.490 e. The van der Waals surface area contributed by atoms with Crippen molar-refractivity contribution < 1.29 is 9.53 Å². The maximum absolute atomic E-state index is 12.0. The summed E-state index contributed by atoms with van der Waals surface area (Å²) in [7, 11) is 1.28. The summed E-state index contributed by atoms with van der Waals surface area (Å²) < 4.78 is 5.80. The highest BCUT2D eigenvalue weighted by Gasteiger charge is 2.12. The van der Waals surface area contributed by atoms with Gasteiger partial charge in [-0.1, -0.05) is 29.3 Å². The number of carbonyl (C=O) groups excluding carboxylic acids is 1. The van der Waals surface area contributed by atoms with Crippen molar-refractivity contribution in [3.63, 3.8) is 0 Å². The van der Waals surface area contributed by atoms with E-state index in [4.69, 9.17) is 27.9 Å². The van der Waals surface area contributed by atoms with Crippen LogP contribution in [-0.2, 0) is 11.3 Å². The van der Waals surface area contributed by atoms with Gasteiger partial charge >= 0.3 is 5.69 Å². The summed E-state index contributed by atoms with van der Waals surface area (Å²) in [5.74, 6) is -0.616. The first kappa shape index (κ1) is 16.1. The van der Waals surface area contributed by atoms with Gasteiger partial charge in [0.15, 0.2) is 0 Å². The lowest BCUT2D eigenvalue weighted by Crippen LogP contribution is -2.33. The molecule has 0 aliphatic heterocycles. The molecule has 1 amide bonds. The van der Waals surface area contributed by atoms with E-state index < -0.39 is 17.2 Å². The van der Waals surface area contributed by atoms with Crippen molar-refractivity contribution in [2.75, 3.05) is 12.4 Å². The van der Waals surface area contributed by atoms with Gasteiger partial charge in [-0.15, -0.1) is 0 Å². The Balaban J connectivity index is 2.23. The van der Waals surface area contributed by atoms with Gasteiger partial charge < -0.3 is 10.1 Å². The van der Waals surface area contributed by atoms with E-state index in [0.717, 1.165) is 10.8 Å². The summed E-state index contributed by atoms with van der Waals surface area (Å²) >= 11 is 11.9. The first-order chi connectivity index (χ1) is 10.4. The number of hydrogen-bond acceptors (Lipinski definition) is 4. The van der Waals surface area contributed by atoms with Crippen LogP contribution in [0.3, 0.4) is 0 Å². The number of aromatic amines is 1. The molecule has 0 saturated heterocycles. The summed E-state index contributed by atoms with van der Waals surface area (Å²) in [5, 5.41) is 3.05. The zero-order valence-corrected chi connectivity index (χ0v) is 12.9. The first-order valence-electron chi connectivity index (χ1n) is 6.04. The highest BCUT2D eigenvalue weighted by Crippen LogP contribution is 2.29. The van der Waals surface area contributed by atoms with Crippen molar-refractivity contribution in [1.29, 1.82) is 0 Å². The van der Waals surface area contributed by atoms with Gasteiger partial charge in [0.1, 0.15) is 6.54 Å². The lowest BCUT2D eigenvalue weighted by Gasteiger charge is -2.10. The molecule has 9 heteroatoms. The van der Waals surface area contributed by atoms with Crippen LogP contribution in [0, 0.1) is 0 Å². The third-order valence-corrected chi connectivity index (χ3v) is 3.37. The largest absolute Gasteiger partial charge is 0.490 e. The number of halogens is 2. The number of carbonyl (C=O) groups is 1. The van der Waals surface area contributed by atoms with Gasteiger partial charge in [-0.05, 0) is 12.1 Å². The normalized spacial score (nSPS) is 10.3. The molecular weight excluding hydrogens is 333 g/mol. The lowest BCUT2D eigenvalue weighted by atomic mass is 10.3. The molecule has 22 heavy (non-hydrogen) atoms. The summed E-state index contributed by atoms with van der Waals surface area (Å²) in [6.45, 7) is -0.340. The van der Waals surface area contributed by atoms with Crippen LogP contribution in [0.1, 0.15) is 0 Å². The van der Waals surface area contributed by atoms with Crippen molar-refractivity contribution in [3.8, 4) is 5.75 Å². The van der Waals surface area contributed by atoms with E-state index in [2.05, 4.69) is 5.32 Å². The van der Waals surface area contributed by atoms with E-state index in [9.17, 15) is 14.4 Å². The highest BCUT2D eigenvalue weighted by atomic mass is 35.5. The van der Waals surface area contributed by atoms with Crippen molar-refractivity contribution in [3.05, 3.63) is 55.3 Å². The fourth-order valence-corrected chi connectivity index (χ4v) is 2.20. The molecule has 0 spiro atoms. The van der Waals surface area contributed by atoms with Gasteiger partial charge in [0, 0.05) is 0 Å². The SMILES string of the molecule is COc1cn(CC(=O)Nc2c(Cl)cccc2Cl)c(=O)[nH]c1=O. The zero-order valence-electron chi connectivity index (χ0n) is 11.4. The number of methoxy groups -OCH3 is 1. The molecule has 116 valence electrons. The van der Waals surface area contributed by atoms with Gasteiger partial charge in [0.25, 0.3) is 5.56 Å². The summed E-state index contributed by atoms with van der Waals surface area (Å²) in [6, 6.07) is 4.77. The molecule has 0 fully saturated rings. The number of aromatic nitrogens is 2. The third kappa shape index (κ3) is 3.49. The van der Waals surface area contributed by atoms with Crippen LogP contribution in [0.25, 0.3) is 0 Å². The maximum atomic E-state index is 12.0. The van der Waals surface area contributed by atoms with Crippen molar-refractivity contribution >= 4 is 34.8 Å². The molecule has 1 aromatic heterocycles. The molecule has 2 aromatic rings. The number of benzene rings is 1. The third-order valence-electron chi connectivity index (χ3n) is 2.74. The minimum atomic E-state index is -0.730. The Bertz CT molecular complexity index is 809. The van der Waals surface area contributed by atoms with Crippen LogP contribution in [-0.4, -0.2) is 22.6 Å². The molecule has 0 unspecified atom stereocenters. The summed E-state index contributed by atoms with van der Waals surface area (Å²) in [6.07, 6.45) is 1.15. The van der Waals surface area contributed by atoms with Gasteiger partial charge in [0.05, 0.1) is 29.0 Å².